The number of hydrogen-bond acceptors (Lipinski definition) is 6. The minimum atomic E-state index is -0.193. The molecule has 1 amide bonds. The molecule has 0 radical (unpaired) electrons. The zero-order chi connectivity index (χ0) is 20.2. The Hall–Kier alpha value is -3.39. The number of aryl methyl sites for hydroxylation is 1. The van der Waals surface area contributed by atoms with Gasteiger partial charge in [-0.05, 0) is 43.3 Å². The molecule has 7 nitrogen and oxygen atoms in total. The molecule has 0 unspecified atom stereocenters. The van der Waals surface area contributed by atoms with E-state index < -0.39 is 0 Å². The average Bonchev–Trinajstić information content (AvgIpc) is 3.30. The van der Waals surface area contributed by atoms with Gasteiger partial charge >= 0.3 is 0 Å². The summed E-state index contributed by atoms with van der Waals surface area (Å²) in [5.74, 6) is 1.63. The van der Waals surface area contributed by atoms with Crippen molar-refractivity contribution in [1.82, 2.24) is 14.6 Å². The van der Waals surface area contributed by atoms with Gasteiger partial charge in [-0.1, -0.05) is 17.7 Å². The number of aromatic nitrogens is 3. The topological polar surface area (TPSA) is 77.8 Å². The summed E-state index contributed by atoms with van der Waals surface area (Å²) in [4.78, 5) is 17.3. The van der Waals surface area contributed by atoms with Gasteiger partial charge in [0.1, 0.15) is 11.5 Å². The van der Waals surface area contributed by atoms with Crippen molar-refractivity contribution in [3.63, 3.8) is 0 Å². The Morgan fingerprint density at radius 3 is 2.55 bits per heavy atom. The maximum atomic E-state index is 12.2. The van der Waals surface area contributed by atoms with E-state index in [0.717, 1.165) is 28.3 Å². The molecule has 0 saturated heterocycles. The highest BCUT2D eigenvalue weighted by Crippen LogP contribution is 2.27. The van der Waals surface area contributed by atoms with E-state index >= 15 is 0 Å². The number of nitrogens with one attached hydrogen (secondary N) is 1. The van der Waals surface area contributed by atoms with E-state index in [2.05, 4.69) is 15.4 Å². The largest absolute Gasteiger partial charge is 0.497 e. The van der Waals surface area contributed by atoms with E-state index in [-0.39, 0.29) is 24.9 Å². The molecule has 0 fully saturated rings. The second-order valence-electron chi connectivity index (χ2n) is 6.44. The molecule has 0 aliphatic heterocycles. The first-order chi connectivity index (χ1) is 14.1. The first-order valence-corrected chi connectivity index (χ1v) is 9.98. The van der Waals surface area contributed by atoms with Crippen LogP contribution in [0.1, 0.15) is 12.0 Å². The summed E-state index contributed by atoms with van der Waals surface area (Å²) < 4.78 is 12.5. The number of carbonyl (C=O) groups is 1. The van der Waals surface area contributed by atoms with Crippen molar-refractivity contribution in [2.75, 3.05) is 19.0 Å². The first-order valence-electron chi connectivity index (χ1n) is 9.10. The standard InChI is InChI=1S/C21H20N4O3S/c1-14-3-7-17(8-4-14)28-12-11-19(26)22-20-23-21-25(24-20)18(13-29-21)15-5-9-16(27-2)10-6-15/h3-10,13H,11-12H2,1-2H3,(H,22,24,26). The number of anilines is 1. The van der Waals surface area contributed by atoms with E-state index in [1.165, 1.54) is 11.3 Å². The van der Waals surface area contributed by atoms with Gasteiger partial charge in [-0.3, -0.25) is 10.1 Å². The Bertz CT molecular complexity index is 1120. The minimum absolute atomic E-state index is 0.193. The summed E-state index contributed by atoms with van der Waals surface area (Å²) in [6, 6.07) is 15.4. The van der Waals surface area contributed by atoms with Crippen LogP contribution in [-0.2, 0) is 4.79 Å². The second-order valence-corrected chi connectivity index (χ2v) is 7.28. The normalized spacial score (nSPS) is 10.8. The van der Waals surface area contributed by atoms with Crippen LogP contribution in [0, 0.1) is 6.92 Å². The quantitative estimate of drug-likeness (QED) is 0.496. The van der Waals surface area contributed by atoms with Gasteiger partial charge in [0.25, 0.3) is 0 Å². The van der Waals surface area contributed by atoms with Gasteiger partial charge in [0.05, 0.1) is 25.8 Å². The molecule has 4 rings (SSSR count). The third kappa shape index (κ3) is 4.38. The predicted molar refractivity (Wildman–Crippen MR) is 113 cm³/mol. The molecule has 8 heteroatoms. The van der Waals surface area contributed by atoms with Gasteiger partial charge in [-0.15, -0.1) is 16.4 Å². The summed E-state index contributed by atoms with van der Waals surface area (Å²) in [6.07, 6.45) is 0.214. The number of fused-ring (bicyclic) bond motifs is 1. The van der Waals surface area contributed by atoms with E-state index in [1.807, 2.05) is 60.8 Å². The van der Waals surface area contributed by atoms with Crippen LogP contribution < -0.4 is 14.8 Å². The van der Waals surface area contributed by atoms with Crippen molar-refractivity contribution in [2.45, 2.75) is 13.3 Å². The number of nitrogens with zero attached hydrogens (tertiary/aromatic N) is 3. The lowest BCUT2D eigenvalue weighted by molar-refractivity contribution is -0.116. The van der Waals surface area contributed by atoms with Crippen LogP contribution in [-0.4, -0.2) is 34.2 Å². The minimum Gasteiger partial charge on any atom is -0.497 e. The lowest BCUT2D eigenvalue weighted by Crippen LogP contribution is -2.16. The fraction of sp³-hybridized carbons (Fsp3) is 0.190. The van der Waals surface area contributed by atoms with Crippen LogP contribution >= 0.6 is 11.3 Å². The van der Waals surface area contributed by atoms with Crippen molar-refractivity contribution < 1.29 is 14.3 Å². The highest BCUT2D eigenvalue weighted by Gasteiger charge is 2.13. The van der Waals surface area contributed by atoms with E-state index in [1.54, 1.807) is 11.6 Å². The fourth-order valence-electron chi connectivity index (χ4n) is 2.78. The number of ether oxygens (including phenoxy) is 2. The highest BCUT2D eigenvalue weighted by molar-refractivity contribution is 7.15. The fourth-order valence-corrected chi connectivity index (χ4v) is 3.61. The molecule has 4 aromatic rings. The number of carbonyl (C=O) groups excluding carboxylic acids is 1. The summed E-state index contributed by atoms with van der Waals surface area (Å²) in [5.41, 5.74) is 3.06. The molecule has 0 spiro atoms. The van der Waals surface area contributed by atoms with E-state index in [9.17, 15) is 4.79 Å². The van der Waals surface area contributed by atoms with Crippen molar-refractivity contribution in [2.24, 2.45) is 0 Å². The SMILES string of the molecule is COc1ccc(-c2csc3nc(NC(=O)CCOc4ccc(C)cc4)nn23)cc1. The van der Waals surface area contributed by atoms with Crippen LogP contribution in [0.2, 0.25) is 0 Å². The average molecular weight is 408 g/mol. The molecule has 2 aromatic heterocycles. The smallest absolute Gasteiger partial charge is 0.250 e. The highest BCUT2D eigenvalue weighted by atomic mass is 32.1. The monoisotopic (exact) mass is 408 g/mol. The van der Waals surface area contributed by atoms with Gasteiger partial charge in [0, 0.05) is 10.9 Å². The number of hydrogen-bond donors (Lipinski definition) is 1. The number of methoxy groups -OCH3 is 1. The third-order valence-electron chi connectivity index (χ3n) is 4.34. The van der Waals surface area contributed by atoms with Crippen molar-refractivity contribution in [1.29, 1.82) is 0 Å². The number of thiazole rings is 1. The number of amides is 1. The van der Waals surface area contributed by atoms with Crippen molar-refractivity contribution in [3.8, 4) is 22.8 Å². The van der Waals surface area contributed by atoms with Crippen molar-refractivity contribution >= 4 is 28.2 Å². The maximum Gasteiger partial charge on any atom is 0.250 e. The molecule has 0 bridgehead atoms. The van der Waals surface area contributed by atoms with Crippen LogP contribution in [0.4, 0.5) is 5.95 Å². The molecular weight excluding hydrogens is 388 g/mol. The van der Waals surface area contributed by atoms with Gasteiger partial charge in [0.2, 0.25) is 16.8 Å². The Labute approximate surface area is 171 Å². The van der Waals surface area contributed by atoms with Crippen LogP contribution in [0.25, 0.3) is 16.2 Å². The Kier molecular flexibility index (Phi) is 5.44. The molecule has 0 aliphatic rings. The molecule has 0 saturated carbocycles. The maximum absolute atomic E-state index is 12.2. The summed E-state index contributed by atoms with van der Waals surface area (Å²) in [7, 11) is 1.63. The zero-order valence-corrected chi connectivity index (χ0v) is 16.9. The van der Waals surface area contributed by atoms with Crippen LogP contribution in [0.15, 0.2) is 53.9 Å². The van der Waals surface area contributed by atoms with Gasteiger partial charge in [-0.25, -0.2) is 4.52 Å². The third-order valence-corrected chi connectivity index (χ3v) is 5.15. The molecule has 0 aliphatic carbocycles. The molecular formula is C21H20N4O3S. The molecule has 2 aromatic carbocycles. The van der Waals surface area contributed by atoms with Gasteiger partial charge in [0.15, 0.2) is 0 Å². The van der Waals surface area contributed by atoms with Crippen molar-refractivity contribution in [3.05, 3.63) is 59.5 Å². The summed E-state index contributed by atoms with van der Waals surface area (Å²) >= 11 is 1.47. The number of rotatable bonds is 7. The van der Waals surface area contributed by atoms with Gasteiger partial charge in [-0.2, -0.15) is 4.98 Å². The van der Waals surface area contributed by atoms with E-state index in [0.29, 0.717) is 4.96 Å². The van der Waals surface area contributed by atoms with Crippen LogP contribution in [0.3, 0.4) is 0 Å². The summed E-state index contributed by atoms with van der Waals surface area (Å²) in [6.45, 7) is 2.30. The number of benzene rings is 2. The summed E-state index contributed by atoms with van der Waals surface area (Å²) in [5, 5.41) is 9.14. The Morgan fingerprint density at radius 1 is 1.10 bits per heavy atom. The molecule has 1 N–H and O–H groups in total. The Morgan fingerprint density at radius 2 is 1.83 bits per heavy atom. The second kappa shape index (κ2) is 8.32. The molecule has 2 heterocycles. The predicted octanol–water partition coefficient (Wildman–Crippen LogP) is 4.18. The zero-order valence-electron chi connectivity index (χ0n) is 16.1. The molecule has 29 heavy (non-hydrogen) atoms. The van der Waals surface area contributed by atoms with Gasteiger partial charge < -0.3 is 9.47 Å². The lowest BCUT2D eigenvalue weighted by atomic mass is 10.2. The van der Waals surface area contributed by atoms with E-state index in [4.69, 9.17) is 9.47 Å². The molecule has 148 valence electrons. The molecule has 0 atom stereocenters. The first kappa shape index (κ1) is 18.9. The Balaban J connectivity index is 1.38. The lowest BCUT2D eigenvalue weighted by Gasteiger charge is -2.06. The van der Waals surface area contributed by atoms with Crippen LogP contribution in [0.5, 0.6) is 11.5 Å².